The largest absolute Gasteiger partial charge is 0.493 e. The number of piperidine rings is 1. The van der Waals surface area contributed by atoms with E-state index in [0.29, 0.717) is 24.3 Å². The molecule has 2 aliphatic heterocycles. The Kier molecular flexibility index (Phi) is 5.16. The molecule has 6 nitrogen and oxygen atoms in total. The standard InChI is InChI=1S/C21H27N3O3/c1-3-26-21(25)18-13-22-24(14-18)19-6-9-23(10-7-19)15(2)17-5-4-16-8-11-27-20(16)12-17/h4-5,12-15,19H,3,6-11H2,1-2H3. The number of benzene rings is 1. The van der Waals surface area contributed by atoms with E-state index < -0.39 is 0 Å². The second kappa shape index (κ2) is 7.72. The summed E-state index contributed by atoms with van der Waals surface area (Å²) in [5.74, 6) is 0.755. The van der Waals surface area contributed by atoms with Crippen molar-refractivity contribution in [2.45, 2.75) is 45.2 Å². The van der Waals surface area contributed by atoms with Gasteiger partial charge >= 0.3 is 5.97 Å². The van der Waals surface area contributed by atoms with Gasteiger partial charge in [0.15, 0.2) is 0 Å². The number of fused-ring (bicyclic) bond motifs is 1. The van der Waals surface area contributed by atoms with Crippen LogP contribution in [0.4, 0.5) is 0 Å². The quantitative estimate of drug-likeness (QED) is 0.756. The minimum atomic E-state index is -0.298. The summed E-state index contributed by atoms with van der Waals surface area (Å²) in [7, 11) is 0. The van der Waals surface area contributed by atoms with Crippen molar-refractivity contribution >= 4 is 5.97 Å². The van der Waals surface area contributed by atoms with Crippen LogP contribution in [0.15, 0.2) is 30.6 Å². The fraction of sp³-hybridized carbons (Fsp3) is 0.524. The maximum atomic E-state index is 11.8. The highest BCUT2D eigenvalue weighted by Gasteiger charge is 2.26. The molecule has 0 saturated carbocycles. The van der Waals surface area contributed by atoms with Gasteiger partial charge in [-0.25, -0.2) is 4.79 Å². The van der Waals surface area contributed by atoms with E-state index in [0.717, 1.165) is 44.7 Å². The normalized spacial score (nSPS) is 18.7. The van der Waals surface area contributed by atoms with E-state index in [-0.39, 0.29) is 5.97 Å². The predicted octanol–water partition coefficient (Wildman–Crippen LogP) is 3.39. The molecular formula is C21H27N3O3. The fourth-order valence-electron chi connectivity index (χ4n) is 4.05. The zero-order valence-corrected chi connectivity index (χ0v) is 16.1. The van der Waals surface area contributed by atoms with E-state index in [1.54, 1.807) is 6.20 Å². The van der Waals surface area contributed by atoms with Crippen LogP contribution in [-0.2, 0) is 11.2 Å². The Labute approximate surface area is 160 Å². The molecule has 0 amide bonds. The van der Waals surface area contributed by atoms with Gasteiger partial charge in [-0.05, 0) is 43.9 Å². The number of hydrogen-bond donors (Lipinski definition) is 0. The molecule has 1 saturated heterocycles. The Bertz CT molecular complexity index is 809. The number of ether oxygens (including phenoxy) is 2. The highest BCUT2D eigenvalue weighted by atomic mass is 16.5. The number of nitrogens with zero attached hydrogens (tertiary/aromatic N) is 3. The van der Waals surface area contributed by atoms with Gasteiger partial charge in [-0.2, -0.15) is 5.10 Å². The van der Waals surface area contributed by atoms with E-state index >= 15 is 0 Å². The Morgan fingerprint density at radius 1 is 1.37 bits per heavy atom. The molecule has 0 N–H and O–H groups in total. The lowest BCUT2D eigenvalue weighted by molar-refractivity contribution is 0.0526. The summed E-state index contributed by atoms with van der Waals surface area (Å²) in [6.07, 6.45) is 6.50. The summed E-state index contributed by atoms with van der Waals surface area (Å²) in [6, 6.07) is 7.36. The van der Waals surface area contributed by atoms with E-state index in [9.17, 15) is 4.79 Å². The van der Waals surface area contributed by atoms with Crippen LogP contribution in [-0.4, -0.2) is 47.0 Å². The number of carbonyl (C=O) groups excluding carboxylic acids is 1. The maximum absolute atomic E-state index is 11.8. The molecule has 4 rings (SSSR count). The van der Waals surface area contributed by atoms with E-state index in [4.69, 9.17) is 9.47 Å². The second-order valence-electron chi connectivity index (χ2n) is 7.34. The van der Waals surface area contributed by atoms with Crippen molar-refractivity contribution in [1.29, 1.82) is 0 Å². The summed E-state index contributed by atoms with van der Waals surface area (Å²) in [4.78, 5) is 14.3. The third-order valence-corrected chi connectivity index (χ3v) is 5.74. The van der Waals surface area contributed by atoms with Gasteiger partial charge in [-0.3, -0.25) is 9.58 Å². The van der Waals surface area contributed by atoms with E-state index in [2.05, 4.69) is 35.1 Å². The van der Waals surface area contributed by atoms with Crippen LogP contribution in [0.5, 0.6) is 5.75 Å². The van der Waals surface area contributed by atoms with Crippen LogP contribution in [0.3, 0.4) is 0 Å². The molecule has 6 heteroatoms. The number of rotatable bonds is 5. The summed E-state index contributed by atoms with van der Waals surface area (Å²) in [5, 5.41) is 4.39. The van der Waals surface area contributed by atoms with Crippen molar-refractivity contribution in [2.24, 2.45) is 0 Å². The molecule has 0 aliphatic carbocycles. The Morgan fingerprint density at radius 3 is 2.96 bits per heavy atom. The number of likely N-dealkylation sites (tertiary alicyclic amines) is 1. The molecular weight excluding hydrogens is 342 g/mol. The van der Waals surface area contributed by atoms with Gasteiger partial charge in [-0.1, -0.05) is 12.1 Å². The summed E-state index contributed by atoms with van der Waals surface area (Å²) < 4.78 is 12.7. The van der Waals surface area contributed by atoms with Crippen LogP contribution in [0, 0.1) is 0 Å². The van der Waals surface area contributed by atoms with Crippen molar-refractivity contribution in [3.63, 3.8) is 0 Å². The molecule has 0 radical (unpaired) electrons. The minimum absolute atomic E-state index is 0.298. The first-order valence-corrected chi connectivity index (χ1v) is 9.86. The Balaban J connectivity index is 1.36. The molecule has 1 atom stereocenters. The molecule has 27 heavy (non-hydrogen) atoms. The number of aromatic nitrogens is 2. The SMILES string of the molecule is CCOC(=O)c1cnn(C2CCN(C(C)c3ccc4c(c3)OCC4)CC2)c1. The van der Waals surface area contributed by atoms with Crippen LogP contribution in [0.2, 0.25) is 0 Å². The van der Waals surface area contributed by atoms with Gasteiger partial charge in [0.1, 0.15) is 5.75 Å². The van der Waals surface area contributed by atoms with Gasteiger partial charge in [-0.15, -0.1) is 0 Å². The highest BCUT2D eigenvalue weighted by Crippen LogP contribution is 2.33. The lowest BCUT2D eigenvalue weighted by Gasteiger charge is -2.36. The van der Waals surface area contributed by atoms with E-state index in [1.165, 1.54) is 11.1 Å². The zero-order chi connectivity index (χ0) is 18.8. The average Bonchev–Trinajstić information content (AvgIpc) is 3.36. The van der Waals surface area contributed by atoms with Crippen LogP contribution in [0.1, 0.15) is 60.3 Å². The van der Waals surface area contributed by atoms with E-state index in [1.807, 2.05) is 17.8 Å². The molecule has 2 aliphatic rings. The van der Waals surface area contributed by atoms with Crippen LogP contribution < -0.4 is 4.74 Å². The molecule has 1 fully saturated rings. The fourth-order valence-corrected chi connectivity index (χ4v) is 4.05. The third-order valence-electron chi connectivity index (χ3n) is 5.74. The zero-order valence-electron chi connectivity index (χ0n) is 16.1. The lowest BCUT2D eigenvalue weighted by Crippen LogP contribution is -2.36. The molecule has 3 heterocycles. The first kappa shape index (κ1) is 18.0. The topological polar surface area (TPSA) is 56.6 Å². The molecule has 0 bridgehead atoms. The molecule has 1 aromatic carbocycles. The summed E-state index contributed by atoms with van der Waals surface area (Å²) in [6.45, 7) is 7.29. The highest BCUT2D eigenvalue weighted by molar-refractivity contribution is 5.88. The monoisotopic (exact) mass is 369 g/mol. The molecule has 144 valence electrons. The number of hydrogen-bond acceptors (Lipinski definition) is 5. The Hall–Kier alpha value is -2.34. The number of carbonyl (C=O) groups is 1. The van der Waals surface area contributed by atoms with Gasteiger partial charge < -0.3 is 9.47 Å². The molecule has 0 spiro atoms. The average molecular weight is 369 g/mol. The number of esters is 1. The first-order chi connectivity index (χ1) is 13.2. The molecule has 1 aromatic heterocycles. The first-order valence-electron chi connectivity index (χ1n) is 9.86. The Morgan fingerprint density at radius 2 is 2.19 bits per heavy atom. The maximum Gasteiger partial charge on any atom is 0.341 e. The summed E-state index contributed by atoms with van der Waals surface area (Å²) >= 11 is 0. The van der Waals surface area contributed by atoms with Crippen molar-refractivity contribution in [1.82, 2.24) is 14.7 Å². The van der Waals surface area contributed by atoms with Crippen molar-refractivity contribution < 1.29 is 14.3 Å². The van der Waals surface area contributed by atoms with Crippen LogP contribution >= 0.6 is 0 Å². The van der Waals surface area contributed by atoms with Gasteiger partial charge in [0.25, 0.3) is 0 Å². The van der Waals surface area contributed by atoms with Gasteiger partial charge in [0, 0.05) is 31.7 Å². The summed E-state index contributed by atoms with van der Waals surface area (Å²) in [5.41, 5.74) is 3.17. The minimum Gasteiger partial charge on any atom is -0.493 e. The third kappa shape index (κ3) is 3.72. The van der Waals surface area contributed by atoms with Crippen molar-refractivity contribution in [3.05, 3.63) is 47.3 Å². The van der Waals surface area contributed by atoms with Gasteiger partial charge in [0.05, 0.1) is 31.0 Å². The molecule has 1 unspecified atom stereocenters. The lowest BCUT2D eigenvalue weighted by atomic mass is 9.99. The van der Waals surface area contributed by atoms with Crippen LogP contribution in [0.25, 0.3) is 0 Å². The second-order valence-corrected chi connectivity index (χ2v) is 7.34. The van der Waals surface area contributed by atoms with Gasteiger partial charge in [0.2, 0.25) is 0 Å². The predicted molar refractivity (Wildman–Crippen MR) is 102 cm³/mol. The van der Waals surface area contributed by atoms with Crippen molar-refractivity contribution in [3.8, 4) is 5.75 Å². The molecule has 2 aromatic rings. The van der Waals surface area contributed by atoms with Crippen molar-refractivity contribution in [2.75, 3.05) is 26.3 Å². The smallest absolute Gasteiger partial charge is 0.341 e.